The fourth-order valence-corrected chi connectivity index (χ4v) is 3.35. The molecule has 1 atom stereocenters. The minimum atomic E-state index is -0.400. The summed E-state index contributed by atoms with van der Waals surface area (Å²) in [5, 5.41) is 0. The van der Waals surface area contributed by atoms with Crippen LogP contribution in [0.15, 0.2) is 36.9 Å². The van der Waals surface area contributed by atoms with E-state index in [0.29, 0.717) is 32.3 Å². The van der Waals surface area contributed by atoms with Gasteiger partial charge in [0.25, 0.3) is 0 Å². The molecule has 1 aromatic carbocycles. The van der Waals surface area contributed by atoms with Gasteiger partial charge in [0.1, 0.15) is 0 Å². The van der Waals surface area contributed by atoms with Gasteiger partial charge in [-0.05, 0) is 44.6 Å². The molecule has 0 fully saturated rings. The molecule has 0 N–H and O–H groups in total. The van der Waals surface area contributed by atoms with Gasteiger partial charge < -0.3 is 4.74 Å². The van der Waals surface area contributed by atoms with Gasteiger partial charge in [0.15, 0.2) is 5.78 Å². The number of hydrogen-bond donors (Lipinski definition) is 0. The Balaban J connectivity index is 2.11. The molecule has 1 aliphatic carbocycles. The van der Waals surface area contributed by atoms with E-state index in [1.54, 1.807) is 6.92 Å². The molecule has 0 radical (unpaired) electrons. The smallest absolute Gasteiger partial charge is 0.305 e. The lowest BCUT2D eigenvalue weighted by molar-refractivity contribution is -0.143. The predicted molar refractivity (Wildman–Crippen MR) is 86.8 cm³/mol. The second kappa shape index (κ2) is 7.39. The van der Waals surface area contributed by atoms with E-state index < -0.39 is 5.41 Å². The number of esters is 1. The molecule has 2 rings (SSSR count). The van der Waals surface area contributed by atoms with E-state index in [2.05, 4.69) is 6.58 Å². The molecule has 0 aliphatic heterocycles. The summed E-state index contributed by atoms with van der Waals surface area (Å²) >= 11 is 0. The van der Waals surface area contributed by atoms with E-state index in [1.807, 2.05) is 30.3 Å². The van der Waals surface area contributed by atoms with Crippen LogP contribution in [0.1, 0.15) is 54.9 Å². The number of carbonyl (C=O) groups excluding carboxylic acids is 2. The van der Waals surface area contributed by atoms with E-state index in [9.17, 15) is 9.59 Å². The molecule has 0 bridgehead atoms. The Bertz CT molecular complexity index is 562. The molecule has 0 heterocycles. The minimum absolute atomic E-state index is 0.181. The summed E-state index contributed by atoms with van der Waals surface area (Å²) in [5.41, 5.74) is 1.58. The molecule has 3 heteroatoms. The molecule has 0 spiro atoms. The number of fused-ring (bicyclic) bond motifs is 1. The Morgan fingerprint density at radius 2 is 2.18 bits per heavy atom. The van der Waals surface area contributed by atoms with Gasteiger partial charge in [-0.25, -0.2) is 0 Å². The zero-order chi connectivity index (χ0) is 16.0. The highest BCUT2D eigenvalue weighted by Crippen LogP contribution is 2.42. The molecular weight excluding hydrogens is 276 g/mol. The maximum atomic E-state index is 13.0. The van der Waals surface area contributed by atoms with Crippen molar-refractivity contribution in [3.63, 3.8) is 0 Å². The standard InChI is InChI=1S/C19H24O3/c1-3-12-19(13-7-10-17(20)22-4-2)14-11-15-8-5-6-9-16(15)18(19)21/h3,5-6,8-9H,1,4,7,10-14H2,2H3. The molecule has 1 aliphatic rings. The second-order valence-electron chi connectivity index (χ2n) is 5.92. The van der Waals surface area contributed by atoms with Crippen molar-refractivity contribution in [2.45, 2.75) is 45.4 Å². The van der Waals surface area contributed by atoms with Crippen LogP contribution in [0.2, 0.25) is 0 Å². The summed E-state index contributed by atoms with van der Waals surface area (Å²) in [6, 6.07) is 7.84. The molecule has 0 saturated heterocycles. The van der Waals surface area contributed by atoms with Crippen LogP contribution in [0, 0.1) is 5.41 Å². The van der Waals surface area contributed by atoms with Crippen LogP contribution in [0.25, 0.3) is 0 Å². The summed E-state index contributed by atoms with van der Waals surface area (Å²) in [6.07, 6.45) is 6.01. The Labute approximate surface area is 132 Å². The van der Waals surface area contributed by atoms with Crippen LogP contribution >= 0.6 is 0 Å². The topological polar surface area (TPSA) is 43.4 Å². The maximum Gasteiger partial charge on any atom is 0.305 e. The Hall–Kier alpha value is -1.90. The third kappa shape index (κ3) is 3.46. The largest absolute Gasteiger partial charge is 0.466 e. The minimum Gasteiger partial charge on any atom is -0.466 e. The summed E-state index contributed by atoms with van der Waals surface area (Å²) in [7, 11) is 0. The lowest BCUT2D eigenvalue weighted by Gasteiger charge is -2.36. The SMILES string of the molecule is C=CCC1(CCCC(=O)OCC)CCc2ccccc2C1=O. The fourth-order valence-electron chi connectivity index (χ4n) is 3.35. The summed E-state index contributed by atoms with van der Waals surface area (Å²) in [4.78, 5) is 24.5. The van der Waals surface area contributed by atoms with Crippen molar-refractivity contribution in [2.24, 2.45) is 5.41 Å². The van der Waals surface area contributed by atoms with Gasteiger partial charge in [-0.2, -0.15) is 0 Å². The highest BCUT2D eigenvalue weighted by molar-refractivity contribution is 6.02. The number of ether oxygens (including phenoxy) is 1. The van der Waals surface area contributed by atoms with Crippen molar-refractivity contribution >= 4 is 11.8 Å². The Morgan fingerprint density at radius 3 is 2.91 bits per heavy atom. The molecule has 0 saturated carbocycles. The lowest BCUT2D eigenvalue weighted by atomic mass is 9.66. The second-order valence-corrected chi connectivity index (χ2v) is 5.92. The molecule has 3 nitrogen and oxygen atoms in total. The number of carbonyl (C=O) groups is 2. The van der Waals surface area contributed by atoms with E-state index in [-0.39, 0.29) is 11.8 Å². The average Bonchev–Trinajstić information content (AvgIpc) is 2.52. The number of ketones is 1. The van der Waals surface area contributed by atoms with Crippen molar-refractivity contribution in [3.8, 4) is 0 Å². The van der Waals surface area contributed by atoms with Gasteiger partial charge in [0, 0.05) is 17.4 Å². The van der Waals surface area contributed by atoms with E-state index in [0.717, 1.165) is 24.0 Å². The molecule has 0 amide bonds. The highest BCUT2D eigenvalue weighted by atomic mass is 16.5. The first-order valence-electron chi connectivity index (χ1n) is 8.02. The van der Waals surface area contributed by atoms with Gasteiger partial charge in [0.2, 0.25) is 0 Å². The number of rotatable bonds is 7. The van der Waals surface area contributed by atoms with Gasteiger partial charge in [-0.1, -0.05) is 30.3 Å². The van der Waals surface area contributed by atoms with Crippen molar-refractivity contribution in [2.75, 3.05) is 6.61 Å². The monoisotopic (exact) mass is 300 g/mol. The predicted octanol–water partition coefficient (Wildman–Crippen LogP) is 4.11. The number of Topliss-reactive ketones (excluding diaryl/α,β-unsaturated/α-hetero) is 1. The number of benzene rings is 1. The van der Waals surface area contributed by atoms with Crippen molar-refractivity contribution in [3.05, 3.63) is 48.0 Å². The lowest BCUT2D eigenvalue weighted by Crippen LogP contribution is -2.36. The van der Waals surface area contributed by atoms with E-state index in [4.69, 9.17) is 4.74 Å². The van der Waals surface area contributed by atoms with Crippen LogP contribution in [0.5, 0.6) is 0 Å². The van der Waals surface area contributed by atoms with Crippen LogP contribution in [0.4, 0.5) is 0 Å². The Morgan fingerprint density at radius 1 is 1.41 bits per heavy atom. The number of aryl methyl sites for hydroxylation is 1. The van der Waals surface area contributed by atoms with E-state index in [1.165, 1.54) is 0 Å². The number of hydrogen-bond acceptors (Lipinski definition) is 3. The quantitative estimate of drug-likeness (QED) is 0.562. The van der Waals surface area contributed by atoms with Crippen molar-refractivity contribution < 1.29 is 14.3 Å². The zero-order valence-corrected chi connectivity index (χ0v) is 13.3. The van der Waals surface area contributed by atoms with Crippen LogP contribution < -0.4 is 0 Å². The third-order valence-corrected chi connectivity index (χ3v) is 4.49. The first-order chi connectivity index (χ1) is 10.6. The fraction of sp³-hybridized carbons (Fsp3) is 0.474. The first-order valence-corrected chi connectivity index (χ1v) is 8.02. The maximum absolute atomic E-state index is 13.0. The normalized spacial score (nSPS) is 20.3. The Kier molecular flexibility index (Phi) is 5.53. The van der Waals surface area contributed by atoms with Gasteiger partial charge in [-0.15, -0.1) is 6.58 Å². The summed E-state index contributed by atoms with van der Waals surface area (Å²) < 4.78 is 4.96. The molecule has 1 aromatic rings. The van der Waals surface area contributed by atoms with E-state index >= 15 is 0 Å². The van der Waals surface area contributed by atoms with Crippen LogP contribution in [-0.2, 0) is 16.0 Å². The molecule has 22 heavy (non-hydrogen) atoms. The molecular formula is C19H24O3. The summed E-state index contributed by atoms with van der Waals surface area (Å²) in [6.45, 7) is 6.03. The zero-order valence-electron chi connectivity index (χ0n) is 13.3. The van der Waals surface area contributed by atoms with Gasteiger partial charge in [-0.3, -0.25) is 9.59 Å². The average molecular weight is 300 g/mol. The molecule has 0 aromatic heterocycles. The first kappa shape index (κ1) is 16.5. The molecule has 118 valence electrons. The molecule has 1 unspecified atom stereocenters. The number of allylic oxidation sites excluding steroid dienone is 1. The van der Waals surface area contributed by atoms with Gasteiger partial charge >= 0.3 is 5.97 Å². The summed E-state index contributed by atoms with van der Waals surface area (Å²) in [5.74, 6) is 0.0259. The van der Waals surface area contributed by atoms with Crippen LogP contribution in [0.3, 0.4) is 0 Å². The highest BCUT2D eigenvalue weighted by Gasteiger charge is 2.40. The van der Waals surface area contributed by atoms with Crippen molar-refractivity contribution in [1.29, 1.82) is 0 Å². The van der Waals surface area contributed by atoms with Crippen LogP contribution in [-0.4, -0.2) is 18.4 Å². The van der Waals surface area contributed by atoms with Crippen molar-refractivity contribution in [1.82, 2.24) is 0 Å². The van der Waals surface area contributed by atoms with Gasteiger partial charge in [0.05, 0.1) is 6.61 Å². The third-order valence-electron chi connectivity index (χ3n) is 4.49.